The van der Waals surface area contributed by atoms with Gasteiger partial charge in [0.05, 0.1) is 47.6 Å². The zero-order valence-corrected chi connectivity index (χ0v) is 39.0. The lowest BCUT2D eigenvalue weighted by Gasteiger charge is -2.49. The van der Waals surface area contributed by atoms with Crippen molar-refractivity contribution in [2.75, 3.05) is 47.9 Å². The molecule has 4 rings (SSSR count). The Morgan fingerprint density at radius 2 is 1.70 bits per heavy atom. The predicted octanol–water partition coefficient (Wildman–Crippen LogP) is 3.75. The van der Waals surface area contributed by atoms with Crippen LogP contribution in [0.2, 0.25) is 0 Å². The van der Waals surface area contributed by atoms with Gasteiger partial charge in [-0.05, 0) is 108 Å². The Bertz CT molecular complexity index is 1380. The number of nitrogens with zero attached hydrogens (tertiary/aromatic N) is 2. The number of carbonyl (C=O) groups is 2. The average molecular weight is 862 g/mol. The molecule has 0 unspecified atom stereocenters. The van der Waals surface area contributed by atoms with E-state index in [0.717, 1.165) is 0 Å². The standard InChI is InChI=1S/C43H79N3O14/c1-16-32-43(11)37(58-60-59-43)28(6)46(14)23-24(2)21-41(9,49)36(57-40-35(54-30(8)47)31(45(12)13)20-25(3)52-40)26(4)34(27(5)39(48)55-32)56-33-22-42(10,50-15)38(29(7)53-33)51-19-17-18-44/h24-29,31-38,40,49H,16-23,44H2,1-15H3/t24-,25-,26+,27-,28-,29+,31+,32-,33+,34+,35-,36-,37-,38+,40+,41-,42-,43-/m1/s1. The fraction of sp³-hybridized carbons (Fsp3) is 0.953. The molecular formula is C43H79N3O14. The number of fused-ring (bicyclic) bond motifs is 1. The van der Waals surface area contributed by atoms with E-state index in [2.05, 4.69) is 11.8 Å². The Balaban J connectivity index is 1.84. The SMILES string of the molecule is CC[C@H]1OC(=O)[C@H](C)[C@@H](O[C@H]2C[C@@](C)(OC)[C@@H](OCCCN)[C@H](C)O2)[C@H](C)[C@@H](O[C@@H]2O[C@H](C)C[C@H](N(C)C)[C@H]2OC(C)=O)[C@](C)(O)C[C@@H](C)CN(C)[C@H](C)[C@H]2OOO[C@@]21C. The summed E-state index contributed by atoms with van der Waals surface area (Å²) < 4.78 is 51.7. The topological polar surface area (TPSA) is 188 Å². The number of nitrogens with two attached hydrogens (primary N) is 1. The number of hydrogen-bond acceptors (Lipinski definition) is 17. The molecule has 4 saturated heterocycles. The van der Waals surface area contributed by atoms with Crippen LogP contribution in [0.25, 0.3) is 0 Å². The van der Waals surface area contributed by atoms with Gasteiger partial charge in [-0.3, -0.25) is 9.59 Å². The van der Waals surface area contributed by atoms with E-state index < -0.39 is 95.9 Å². The summed E-state index contributed by atoms with van der Waals surface area (Å²) in [7, 11) is 7.44. The van der Waals surface area contributed by atoms with Gasteiger partial charge < -0.3 is 58.5 Å². The van der Waals surface area contributed by atoms with Crippen molar-refractivity contribution >= 4 is 11.9 Å². The van der Waals surface area contributed by atoms with Gasteiger partial charge in [-0.1, -0.05) is 25.8 Å². The van der Waals surface area contributed by atoms with Gasteiger partial charge in [0.1, 0.15) is 18.3 Å². The van der Waals surface area contributed by atoms with E-state index in [1.165, 1.54) is 6.92 Å². The van der Waals surface area contributed by atoms with Crippen LogP contribution in [0.3, 0.4) is 0 Å². The average Bonchev–Trinajstić information content (AvgIpc) is 3.56. The van der Waals surface area contributed by atoms with Gasteiger partial charge in [0.15, 0.2) is 24.3 Å². The van der Waals surface area contributed by atoms with Crippen molar-refractivity contribution < 1.29 is 67.4 Å². The lowest BCUT2D eigenvalue weighted by molar-refractivity contribution is -0.477. The van der Waals surface area contributed by atoms with Crippen LogP contribution < -0.4 is 5.73 Å². The minimum Gasteiger partial charge on any atom is -0.459 e. The number of methoxy groups -OCH3 is 1. The van der Waals surface area contributed by atoms with Crippen LogP contribution in [-0.2, 0) is 62.3 Å². The monoisotopic (exact) mass is 862 g/mol. The molecule has 4 aliphatic rings. The second kappa shape index (κ2) is 21.4. The van der Waals surface area contributed by atoms with E-state index in [9.17, 15) is 14.7 Å². The second-order valence-electron chi connectivity index (χ2n) is 18.9. The maximum Gasteiger partial charge on any atom is 0.311 e. The smallest absolute Gasteiger partial charge is 0.311 e. The maximum atomic E-state index is 14.6. The zero-order valence-electron chi connectivity index (χ0n) is 39.0. The van der Waals surface area contributed by atoms with Gasteiger partial charge in [-0.25, -0.2) is 0 Å². The molecule has 60 heavy (non-hydrogen) atoms. The van der Waals surface area contributed by atoms with Crippen LogP contribution in [0.4, 0.5) is 0 Å². The molecule has 4 fully saturated rings. The number of ether oxygens (including phenoxy) is 8. The molecule has 17 nitrogen and oxygen atoms in total. The summed E-state index contributed by atoms with van der Waals surface area (Å²) in [5.41, 5.74) is 2.22. The molecule has 0 aromatic rings. The fourth-order valence-corrected chi connectivity index (χ4v) is 10.0. The van der Waals surface area contributed by atoms with Gasteiger partial charge in [-0.15, -0.1) is 0 Å². The van der Waals surface area contributed by atoms with Crippen molar-refractivity contribution in [3.05, 3.63) is 0 Å². The summed E-state index contributed by atoms with van der Waals surface area (Å²) in [5, 5.41) is 18.0. The van der Waals surface area contributed by atoms with Crippen LogP contribution >= 0.6 is 0 Å². The first-order valence-corrected chi connectivity index (χ1v) is 22.0. The van der Waals surface area contributed by atoms with Crippen molar-refractivity contribution in [3.63, 3.8) is 0 Å². The molecule has 0 saturated carbocycles. The Hall–Kier alpha value is -1.58. The van der Waals surface area contributed by atoms with Gasteiger partial charge in [-0.2, -0.15) is 9.78 Å². The molecule has 0 aromatic carbocycles. The summed E-state index contributed by atoms with van der Waals surface area (Å²) >= 11 is 0. The lowest BCUT2D eigenvalue weighted by Crippen LogP contribution is -2.61. The van der Waals surface area contributed by atoms with Gasteiger partial charge >= 0.3 is 11.9 Å². The van der Waals surface area contributed by atoms with Crippen LogP contribution in [0.1, 0.15) is 108 Å². The molecule has 4 heterocycles. The molecule has 0 bridgehead atoms. The summed E-state index contributed by atoms with van der Waals surface area (Å²) in [5.74, 6) is -2.81. The van der Waals surface area contributed by atoms with Crippen molar-refractivity contribution in [2.45, 2.75) is 199 Å². The van der Waals surface area contributed by atoms with E-state index in [0.29, 0.717) is 39.0 Å². The highest BCUT2D eigenvalue weighted by Gasteiger charge is 2.57. The highest BCUT2D eigenvalue weighted by Crippen LogP contribution is 2.42. The summed E-state index contributed by atoms with van der Waals surface area (Å²) in [6, 6.07) is -0.500. The zero-order chi connectivity index (χ0) is 44.9. The summed E-state index contributed by atoms with van der Waals surface area (Å²) in [6.07, 6.45) is -5.15. The van der Waals surface area contributed by atoms with E-state index in [4.69, 9.17) is 58.4 Å². The summed E-state index contributed by atoms with van der Waals surface area (Å²) in [4.78, 5) is 42.9. The third-order valence-corrected chi connectivity index (χ3v) is 13.4. The molecule has 17 heteroatoms. The number of esters is 2. The second-order valence-corrected chi connectivity index (χ2v) is 18.9. The van der Waals surface area contributed by atoms with Crippen LogP contribution in [0.15, 0.2) is 0 Å². The van der Waals surface area contributed by atoms with Crippen LogP contribution in [-0.4, -0.2) is 165 Å². The van der Waals surface area contributed by atoms with E-state index >= 15 is 0 Å². The number of aliphatic hydroxyl groups is 1. The highest BCUT2D eigenvalue weighted by atomic mass is 17.5. The molecule has 0 aliphatic carbocycles. The van der Waals surface area contributed by atoms with Crippen LogP contribution in [0, 0.1) is 17.8 Å². The molecule has 3 N–H and O–H groups in total. The summed E-state index contributed by atoms with van der Waals surface area (Å²) in [6.45, 7) is 21.8. The highest BCUT2D eigenvalue weighted by molar-refractivity contribution is 5.73. The molecule has 0 spiro atoms. The number of hydrogen-bond donors (Lipinski definition) is 2. The molecule has 0 radical (unpaired) electrons. The number of rotatable bonds is 12. The molecule has 18 atom stereocenters. The molecular weight excluding hydrogens is 782 g/mol. The number of carbonyl (C=O) groups excluding carboxylic acids is 2. The minimum atomic E-state index is -1.55. The quantitative estimate of drug-likeness (QED) is 0.164. The number of cyclic esters (lactones) is 1. The maximum absolute atomic E-state index is 14.6. The largest absolute Gasteiger partial charge is 0.459 e. The van der Waals surface area contributed by atoms with Crippen molar-refractivity contribution in [1.29, 1.82) is 0 Å². The normalized spacial score (nSPS) is 45.4. The minimum absolute atomic E-state index is 0.0897. The van der Waals surface area contributed by atoms with E-state index in [1.54, 1.807) is 21.0 Å². The van der Waals surface area contributed by atoms with Crippen molar-refractivity contribution in [2.24, 2.45) is 23.5 Å². The first kappa shape index (κ1) is 51.1. The first-order chi connectivity index (χ1) is 28.0. The lowest BCUT2D eigenvalue weighted by atomic mass is 9.77. The molecule has 0 amide bonds. The Labute approximate surface area is 358 Å². The fourth-order valence-electron chi connectivity index (χ4n) is 10.0. The Morgan fingerprint density at radius 3 is 2.30 bits per heavy atom. The Morgan fingerprint density at radius 1 is 1.02 bits per heavy atom. The number of likely N-dealkylation sites (N-methyl/N-ethyl adjacent to an activating group) is 2. The Kier molecular flexibility index (Phi) is 18.2. The van der Waals surface area contributed by atoms with E-state index in [-0.39, 0.29) is 36.9 Å². The van der Waals surface area contributed by atoms with Crippen molar-refractivity contribution in [1.82, 2.24) is 9.80 Å². The van der Waals surface area contributed by atoms with E-state index in [1.807, 2.05) is 74.5 Å². The first-order valence-electron chi connectivity index (χ1n) is 22.0. The van der Waals surface area contributed by atoms with Gasteiger partial charge in [0.25, 0.3) is 0 Å². The third-order valence-electron chi connectivity index (χ3n) is 13.4. The third kappa shape index (κ3) is 11.8. The van der Waals surface area contributed by atoms with Crippen LogP contribution in [0.5, 0.6) is 0 Å². The molecule has 4 aliphatic heterocycles. The molecule has 350 valence electrons. The van der Waals surface area contributed by atoms with Gasteiger partial charge in [0.2, 0.25) is 0 Å². The predicted molar refractivity (Wildman–Crippen MR) is 220 cm³/mol. The van der Waals surface area contributed by atoms with Gasteiger partial charge in [0, 0.05) is 45.6 Å². The molecule has 0 aromatic heterocycles. The van der Waals surface area contributed by atoms with Crippen molar-refractivity contribution in [3.8, 4) is 0 Å².